The van der Waals surface area contributed by atoms with Crippen LogP contribution in [0.15, 0.2) is 60.0 Å². The largest absolute Gasteiger partial charge is 0.336 e. The van der Waals surface area contributed by atoms with Gasteiger partial charge in [-0.05, 0) is 43.7 Å². The number of aromatic nitrogens is 1. The third-order valence-corrected chi connectivity index (χ3v) is 7.01. The Kier molecular flexibility index (Phi) is 5.89. The van der Waals surface area contributed by atoms with E-state index < -0.39 is 10.0 Å². The van der Waals surface area contributed by atoms with E-state index in [1.165, 1.54) is 9.71 Å². The number of carbonyl (C=O) groups is 1. The summed E-state index contributed by atoms with van der Waals surface area (Å²) in [6, 6.07) is 17.0. The Balaban J connectivity index is 1.49. The van der Waals surface area contributed by atoms with Gasteiger partial charge in [0.15, 0.2) is 0 Å². The number of hydrogen-bond donors (Lipinski definition) is 0. The predicted octanol–water partition coefficient (Wildman–Crippen LogP) is 3.61. The number of amides is 1. The number of pyridine rings is 1. The van der Waals surface area contributed by atoms with Crippen LogP contribution in [-0.4, -0.2) is 54.7 Å². The van der Waals surface area contributed by atoms with Crippen LogP contribution >= 0.6 is 0 Å². The first-order valence-corrected chi connectivity index (χ1v) is 11.7. The van der Waals surface area contributed by atoms with Gasteiger partial charge < -0.3 is 4.90 Å². The molecule has 0 aliphatic carbocycles. The number of rotatable bonds is 4. The molecule has 0 radical (unpaired) electrons. The van der Waals surface area contributed by atoms with E-state index >= 15 is 0 Å². The van der Waals surface area contributed by atoms with Crippen molar-refractivity contribution in [3.8, 4) is 0 Å². The van der Waals surface area contributed by atoms with E-state index in [1.54, 1.807) is 11.0 Å². The van der Waals surface area contributed by atoms with Gasteiger partial charge in [0.1, 0.15) is 0 Å². The van der Waals surface area contributed by atoms with Gasteiger partial charge in [-0.25, -0.2) is 8.42 Å². The molecule has 1 aromatic heterocycles. The first kappa shape index (κ1) is 21.2. The highest BCUT2D eigenvalue weighted by molar-refractivity contribution is 7.92. The van der Waals surface area contributed by atoms with Crippen LogP contribution < -0.4 is 0 Å². The van der Waals surface area contributed by atoms with Crippen LogP contribution in [0.5, 0.6) is 0 Å². The summed E-state index contributed by atoms with van der Waals surface area (Å²) in [4.78, 5) is 19.5. The van der Waals surface area contributed by atoms with Crippen molar-refractivity contribution in [1.29, 1.82) is 0 Å². The van der Waals surface area contributed by atoms with Gasteiger partial charge in [-0.3, -0.25) is 9.78 Å². The Morgan fingerprint density at radius 2 is 1.68 bits per heavy atom. The molecule has 1 aliphatic heterocycles. The van der Waals surface area contributed by atoms with Gasteiger partial charge in [0.2, 0.25) is 10.0 Å². The summed E-state index contributed by atoms with van der Waals surface area (Å²) in [7, 11) is -3.54. The van der Waals surface area contributed by atoms with Gasteiger partial charge in [-0.1, -0.05) is 42.0 Å². The summed E-state index contributed by atoms with van der Waals surface area (Å²) in [5, 5.41) is 2.07. The lowest BCUT2D eigenvalue weighted by Gasteiger charge is -2.33. The van der Waals surface area contributed by atoms with E-state index in [4.69, 9.17) is 0 Å². The Labute approximate surface area is 182 Å². The summed E-state index contributed by atoms with van der Waals surface area (Å²) in [6.07, 6.45) is 1.60. The summed E-state index contributed by atoms with van der Waals surface area (Å²) in [5.41, 5.74) is 4.09. The van der Waals surface area contributed by atoms with Crippen LogP contribution in [0.2, 0.25) is 0 Å². The number of hydrogen-bond acceptors (Lipinski definition) is 4. The van der Waals surface area contributed by atoms with Crippen LogP contribution in [-0.2, 0) is 10.0 Å². The maximum Gasteiger partial charge on any atom is 0.254 e. The standard InChI is InChI=1S/C24H25N3O3S/c1-18-8-9-23-21(16-18)22(17-19(2)25-23)24(28)26-11-13-27(14-12-26)31(29,30)15-10-20-6-4-3-5-7-20/h3-10,15-17H,11-14H2,1-2H3/b15-10+. The van der Waals surface area contributed by atoms with Crippen LogP contribution in [0.3, 0.4) is 0 Å². The molecule has 0 spiro atoms. The predicted molar refractivity (Wildman–Crippen MR) is 123 cm³/mol. The first-order chi connectivity index (χ1) is 14.8. The quantitative estimate of drug-likeness (QED) is 0.628. The zero-order valence-corrected chi connectivity index (χ0v) is 18.5. The number of sulfonamides is 1. The summed E-state index contributed by atoms with van der Waals surface area (Å²) in [6.45, 7) is 5.11. The number of aryl methyl sites for hydroxylation is 2. The molecule has 7 heteroatoms. The van der Waals surface area contributed by atoms with Crippen LogP contribution in [0, 0.1) is 13.8 Å². The highest BCUT2D eigenvalue weighted by Crippen LogP contribution is 2.22. The number of carbonyl (C=O) groups excluding carboxylic acids is 1. The van der Waals surface area contributed by atoms with E-state index in [9.17, 15) is 13.2 Å². The van der Waals surface area contributed by atoms with Crippen molar-refractivity contribution >= 4 is 32.9 Å². The highest BCUT2D eigenvalue weighted by atomic mass is 32.2. The Hall–Kier alpha value is -3.03. The number of benzene rings is 2. The fraction of sp³-hybridized carbons (Fsp3) is 0.250. The lowest BCUT2D eigenvalue weighted by molar-refractivity contribution is 0.0700. The molecule has 31 heavy (non-hydrogen) atoms. The zero-order chi connectivity index (χ0) is 22.0. The van der Waals surface area contributed by atoms with E-state index in [-0.39, 0.29) is 19.0 Å². The Morgan fingerprint density at radius 1 is 0.968 bits per heavy atom. The van der Waals surface area contributed by atoms with Crippen molar-refractivity contribution in [2.24, 2.45) is 0 Å². The molecular weight excluding hydrogens is 410 g/mol. The minimum Gasteiger partial charge on any atom is -0.336 e. The average Bonchev–Trinajstić information content (AvgIpc) is 2.78. The maximum atomic E-state index is 13.3. The third kappa shape index (κ3) is 4.68. The van der Waals surface area contributed by atoms with Gasteiger partial charge >= 0.3 is 0 Å². The monoisotopic (exact) mass is 435 g/mol. The smallest absolute Gasteiger partial charge is 0.254 e. The molecule has 2 aromatic carbocycles. The molecule has 4 rings (SSSR count). The maximum absolute atomic E-state index is 13.3. The Morgan fingerprint density at radius 3 is 2.39 bits per heavy atom. The number of fused-ring (bicyclic) bond motifs is 1. The lowest BCUT2D eigenvalue weighted by atomic mass is 10.0. The van der Waals surface area contributed by atoms with Crippen molar-refractivity contribution in [3.05, 3.63) is 82.4 Å². The highest BCUT2D eigenvalue weighted by Gasteiger charge is 2.28. The molecule has 0 bridgehead atoms. The fourth-order valence-corrected chi connectivity index (χ4v) is 4.95. The molecule has 0 saturated carbocycles. The normalized spacial score (nSPS) is 15.6. The molecule has 0 unspecified atom stereocenters. The van der Waals surface area contributed by atoms with Crippen molar-refractivity contribution in [1.82, 2.24) is 14.2 Å². The second-order valence-corrected chi connectivity index (χ2v) is 9.60. The second-order valence-electron chi connectivity index (χ2n) is 7.78. The molecule has 1 amide bonds. The SMILES string of the molecule is Cc1ccc2nc(C)cc(C(=O)N3CCN(S(=O)(=O)/C=C/c4ccccc4)CC3)c2c1. The zero-order valence-electron chi connectivity index (χ0n) is 17.7. The average molecular weight is 436 g/mol. The van der Waals surface area contributed by atoms with Crippen molar-refractivity contribution in [3.63, 3.8) is 0 Å². The molecule has 2 heterocycles. The molecule has 1 aliphatic rings. The van der Waals surface area contributed by atoms with E-state index in [2.05, 4.69) is 4.98 Å². The van der Waals surface area contributed by atoms with E-state index in [0.717, 1.165) is 27.7 Å². The number of piperazine rings is 1. The van der Waals surface area contributed by atoms with Crippen LogP contribution in [0.25, 0.3) is 17.0 Å². The first-order valence-electron chi connectivity index (χ1n) is 10.2. The van der Waals surface area contributed by atoms with Gasteiger partial charge in [0.05, 0.1) is 11.1 Å². The third-order valence-electron chi connectivity index (χ3n) is 5.44. The molecule has 0 N–H and O–H groups in total. The molecule has 3 aromatic rings. The van der Waals surface area contributed by atoms with E-state index in [1.807, 2.05) is 68.4 Å². The fourth-order valence-electron chi connectivity index (χ4n) is 3.78. The van der Waals surface area contributed by atoms with Gasteiger partial charge in [-0.15, -0.1) is 0 Å². The number of nitrogens with zero attached hydrogens (tertiary/aromatic N) is 3. The molecule has 0 atom stereocenters. The minimum absolute atomic E-state index is 0.0852. The molecule has 1 fully saturated rings. The minimum atomic E-state index is -3.54. The van der Waals surface area contributed by atoms with Crippen LogP contribution in [0.4, 0.5) is 0 Å². The van der Waals surface area contributed by atoms with Crippen molar-refractivity contribution in [2.75, 3.05) is 26.2 Å². The lowest BCUT2D eigenvalue weighted by Crippen LogP contribution is -2.50. The van der Waals surface area contributed by atoms with Crippen LogP contribution in [0.1, 0.15) is 27.2 Å². The second kappa shape index (κ2) is 8.61. The van der Waals surface area contributed by atoms with Gasteiger partial charge in [0.25, 0.3) is 5.91 Å². The molecule has 160 valence electrons. The van der Waals surface area contributed by atoms with Gasteiger partial charge in [0, 0.05) is 42.7 Å². The van der Waals surface area contributed by atoms with Crippen molar-refractivity contribution in [2.45, 2.75) is 13.8 Å². The molecular formula is C24H25N3O3S. The summed E-state index contributed by atoms with van der Waals surface area (Å²) in [5.74, 6) is -0.0852. The molecule has 1 saturated heterocycles. The van der Waals surface area contributed by atoms with Crippen molar-refractivity contribution < 1.29 is 13.2 Å². The van der Waals surface area contributed by atoms with E-state index in [0.29, 0.717) is 18.7 Å². The molecule has 6 nitrogen and oxygen atoms in total. The summed E-state index contributed by atoms with van der Waals surface area (Å²) >= 11 is 0. The van der Waals surface area contributed by atoms with Gasteiger partial charge in [-0.2, -0.15) is 4.31 Å². The Bertz CT molecular complexity index is 1250. The summed E-state index contributed by atoms with van der Waals surface area (Å²) < 4.78 is 26.8. The topological polar surface area (TPSA) is 70.6 Å².